The van der Waals surface area contributed by atoms with Crippen LogP contribution in [0.2, 0.25) is 0 Å². The molecule has 3 N–H and O–H groups in total. The predicted molar refractivity (Wildman–Crippen MR) is 63.9 cm³/mol. The van der Waals surface area contributed by atoms with E-state index >= 15 is 0 Å². The summed E-state index contributed by atoms with van der Waals surface area (Å²) in [6, 6.07) is 7.39. The largest absolute Gasteiger partial charge is 0.397 e. The first-order chi connectivity index (χ1) is 7.25. The Kier molecular flexibility index (Phi) is 2.82. The zero-order chi connectivity index (χ0) is 10.7. The number of hydrogen-bond donors (Lipinski definition) is 2. The zero-order valence-electron chi connectivity index (χ0n) is 7.81. The molecule has 1 heterocycles. The summed E-state index contributed by atoms with van der Waals surface area (Å²) in [7, 11) is 0. The number of anilines is 3. The molecule has 1 aromatic heterocycles. The van der Waals surface area contributed by atoms with Crippen LogP contribution in [-0.2, 0) is 0 Å². The third kappa shape index (κ3) is 2.44. The lowest BCUT2D eigenvalue weighted by atomic mass is 10.2. The van der Waals surface area contributed by atoms with Crippen molar-refractivity contribution >= 4 is 33.1 Å². The molecule has 0 atom stereocenters. The van der Waals surface area contributed by atoms with E-state index in [2.05, 4.69) is 31.2 Å². The summed E-state index contributed by atoms with van der Waals surface area (Å²) < 4.78 is 0.966. The zero-order valence-corrected chi connectivity index (χ0v) is 9.40. The van der Waals surface area contributed by atoms with Crippen molar-refractivity contribution in [1.82, 2.24) is 9.97 Å². The topological polar surface area (TPSA) is 63.8 Å². The van der Waals surface area contributed by atoms with Gasteiger partial charge in [0.25, 0.3) is 0 Å². The van der Waals surface area contributed by atoms with Crippen molar-refractivity contribution in [1.29, 1.82) is 0 Å². The van der Waals surface area contributed by atoms with E-state index in [9.17, 15) is 0 Å². The fraction of sp³-hybridized carbons (Fsp3) is 0. The third-order valence-corrected chi connectivity index (χ3v) is 2.35. The Bertz CT molecular complexity index is 458. The summed E-state index contributed by atoms with van der Waals surface area (Å²) in [4.78, 5) is 7.89. The molecule has 4 nitrogen and oxygen atoms in total. The van der Waals surface area contributed by atoms with Crippen LogP contribution in [0.3, 0.4) is 0 Å². The smallest absolute Gasteiger partial charge is 0.133 e. The van der Waals surface area contributed by atoms with E-state index in [0.29, 0.717) is 5.69 Å². The maximum Gasteiger partial charge on any atom is 0.133 e. The van der Waals surface area contributed by atoms with Gasteiger partial charge in [0.1, 0.15) is 12.1 Å². The number of rotatable bonds is 2. The van der Waals surface area contributed by atoms with Crippen LogP contribution in [0.5, 0.6) is 0 Å². The van der Waals surface area contributed by atoms with Gasteiger partial charge < -0.3 is 11.1 Å². The molecule has 0 aliphatic rings. The normalized spacial score (nSPS) is 9.93. The average Bonchev–Trinajstić information content (AvgIpc) is 2.25. The minimum atomic E-state index is 0.678. The number of hydrogen-bond acceptors (Lipinski definition) is 4. The van der Waals surface area contributed by atoms with Gasteiger partial charge in [0.2, 0.25) is 0 Å². The maximum absolute atomic E-state index is 5.81. The Labute approximate surface area is 95.7 Å². The molecule has 0 aliphatic carbocycles. The summed E-state index contributed by atoms with van der Waals surface area (Å²) in [5.74, 6) is 0.717. The number of nitrogens with two attached hydrogens (primary N) is 1. The summed E-state index contributed by atoms with van der Waals surface area (Å²) in [5, 5.41) is 3.11. The lowest BCUT2D eigenvalue weighted by Gasteiger charge is -2.08. The van der Waals surface area contributed by atoms with Gasteiger partial charge in [0.15, 0.2) is 0 Å². The van der Waals surface area contributed by atoms with Gasteiger partial charge in [-0.25, -0.2) is 9.97 Å². The minimum absolute atomic E-state index is 0.678. The van der Waals surface area contributed by atoms with E-state index in [-0.39, 0.29) is 0 Å². The van der Waals surface area contributed by atoms with Crippen molar-refractivity contribution < 1.29 is 0 Å². The van der Waals surface area contributed by atoms with E-state index < -0.39 is 0 Å². The summed E-state index contributed by atoms with van der Waals surface area (Å²) in [6.45, 7) is 0. The molecular weight excluding hydrogens is 256 g/mol. The van der Waals surface area contributed by atoms with Crippen LogP contribution in [0.25, 0.3) is 0 Å². The van der Waals surface area contributed by atoms with Crippen LogP contribution in [-0.4, -0.2) is 9.97 Å². The van der Waals surface area contributed by atoms with E-state index in [1.165, 1.54) is 6.33 Å². The molecule has 2 rings (SSSR count). The van der Waals surface area contributed by atoms with E-state index in [1.807, 2.05) is 18.2 Å². The molecule has 0 amide bonds. The lowest BCUT2D eigenvalue weighted by Crippen LogP contribution is -1.97. The first kappa shape index (κ1) is 9.92. The first-order valence-corrected chi connectivity index (χ1v) is 5.13. The van der Waals surface area contributed by atoms with Gasteiger partial charge in [-0.2, -0.15) is 0 Å². The van der Waals surface area contributed by atoms with Crippen LogP contribution < -0.4 is 11.1 Å². The lowest BCUT2D eigenvalue weighted by molar-refractivity contribution is 1.17. The SMILES string of the molecule is Nc1ccc(Br)cc1Nc1ccncn1. The first-order valence-electron chi connectivity index (χ1n) is 4.34. The van der Waals surface area contributed by atoms with Gasteiger partial charge in [-0.15, -0.1) is 0 Å². The fourth-order valence-electron chi connectivity index (χ4n) is 1.14. The van der Waals surface area contributed by atoms with Gasteiger partial charge in [0.05, 0.1) is 11.4 Å². The second kappa shape index (κ2) is 4.27. The predicted octanol–water partition coefficient (Wildman–Crippen LogP) is 2.56. The van der Waals surface area contributed by atoms with Crippen molar-refractivity contribution in [2.24, 2.45) is 0 Å². The maximum atomic E-state index is 5.81. The molecule has 0 spiro atoms. The summed E-state index contributed by atoms with van der Waals surface area (Å²) in [5.41, 5.74) is 7.31. The Hall–Kier alpha value is -1.62. The number of nitrogens with zero attached hydrogens (tertiary/aromatic N) is 2. The summed E-state index contributed by atoms with van der Waals surface area (Å²) in [6.07, 6.45) is 3.15. The van der Waals surface area contributed by atoms with Gasteiger partial charge >= 0.3 is 0 Å². The number of benzene rings is 1. The van der Waals surface area contributed by atoms with Gasteiger partial charge in [-0.1, -0.05) is 15.9 Å². The quantitative estimate of drug-likeness (QED) is 0.819. The highest BCUT2D eigenvalue weighted by molar-refractivity contribution is 9.10. The van der Waals surface area contributed by atoms with Crippen molar-refractivity contribution in [3.05, 3.63) is 41.3 Å². The second-order valence-electron chi connectivity index (χ2n) is 2.95. The molecule has 0 bridgehead atoms. The van der Waals surface area contributed by atoms with Crippen molar-refractivity contribution in [2.45, 2.75) is 0 Å². The van der Waals surface area contributed by atoms with Crippen LogP contribution in [0.15, 0.2) is 41.3 Å². The van der Waals surface area contributed by atoms with E-state index in [1.54, 1.807) is 12.3 Å². The molecule has 5 heteroatoms. The molecule has 76 valence electrons. The Morgan fingerprint density at radius 3 is 2.87 bits per heavy atom. The van der Waals surface area contributed by atoms with Gasteiger partial charge in [-0.05, 0) is 24.3 Å². The monoisotopic (exact) mass is 264 g/mol. The Morgan fingerprint density at radius 1 is 1.27 bits per heavy atom. The number of aromatic nitrogens is 2. The number of halogens is 1. The van der Waals surface area contributed by atoms with Gasteiger partial charge in [-0.3, -0.25) is 0 Å². The minimum Gasteiger partial charge on any atom is -0.397 e. The highest BCUT2D eigenvalue weighted by Crippen LogP contribution is 2.25. The fourth-order valence-corrected chi connectivity index (χ4v) is 1.50. The molecule has 0 fully saturated rings. The molecule has 2 aromatic rings. The Morgan fingerprint density at radius 2 is 2.13 bits per heavy atom. The molecule has 0 unspecified atom stereocenters. The van der Waals surface area contributed by atoms with Crippen molar-refractivity contribution in [2.75, 3.05) is 11.1 Å². The standard InChI is InChI=1S/C10H9BrN4/c11-7-1-2-8(12)9(5-7)15-10-3-4-13-6-14-10/h1-6H,12H2,(H,13,14,15). The molecule has 0 saturated heterocycles. The van der Waals surface area contributed by atoms with Crippen LogP contribution in [0, 0.1) is 0 Å². The van der Waals surface area contributed by atoms with Crippen LogP contribution in [0.4, 0.5) is 17.2 Å². The van der Waals surface area contributed by atoms with Crippen LogP contribution >= 0.6 is 15.9 Å². The summed E-state index contributed by atoms with van der Waals surface area (Å²) >= 11 is 3.38. The van der Waals surface area contributed by atoms with Crippen LogP contribution in [0.1, 0.15) is 0 Å². The third-order valence-electron chi connectivity index (χ3n) is 1.86. The molecule has 1 aromatic carbocycles. The number of nitrogen functional groups attached to an aromatic ring is 1. The van der Waals surface area contributed by atoms with Crippen molar-refractivity contribution in [3.8, 4) is 0 Å². The molecule has 0 saturated carbocycles. The molecule has 0 aliphatic heterocycles. The average molecular weight is 265 g/mol. The molecule has 15 heavy (non-hydrogen) atoms. The highest BCUT2D eigenvalue weighted by atomic mass is 79.9. The van der Waals surface area contributed by atoms with Gasteiger partial charge in [0, 0.05) is 10.7 Å². The van der Waals surface area contributed by atoms with E-state index in [4.69, 9.17) is 5.73 Å². The second-order valence-corrected chi connectivity index (χ2v) is 3.87. The molecule has 0 radical (unpaired) electrons. The highest BCUT2D eigenvalue weighted by Gasteiger charge is 2.00. The molecular formula is C10H9BrN4. The van der Waals surface area contributed by atoms with Crippen molar-refractivity contribution in [3.63, 3.8) is 0 Å². The Balaban J connectivity index is 2.28. The number of nitrogens with one attached hydrogen (secondary N) is 1. The van der Waals surface area contributed by atoms with E-state index in [0.717, 1.165) is 16.0 Å².